The van der Waals surface area contributed by atoms with Crippen molar-refractivity contribution in [2.45, 2.75) is 30.4 Å². The van der Waals surface area contributed by atoms with Gasteiger partial charge in [0, 0.05) is 30.3 Å². The van der Waals surface area contributed by atoms with E-state index < -0.39 is 10.0 Å². The van der Waals surface area contributed by atoms with Gasteiger partial charge in [-0.3, -0.25) is 4.79 Å². The third-order valence-corrected chi connectivity index (χ3v) is 5.93. The number of hydrogen-bond acceptors (Lipinski definition) is 4. The van der Waals surface area contributed by atoms with E-state index in [0.29, 0.717) is 18.2 Å². The van der Waals surface area contributed by atoms with Crippen LogP contribution in [0.1, 0.15) is 28.8 Å². The lowest BCUT2D eigenvalue weighted by Crippen LogP contribution is -2.32. The Morgan fingerprint density at radius 3 is 2.74 bits per heavy atom. The first-order chi connectivity index (χ1) is 12.9. The summed E-state index contributed by atoms with van der Waals surface area (Å²) in [7, 11) is -3.70. The lowest BCUT2D eigenvalue weighted by Gasteiger charge is -2.12. The van der Waals surface area contributed by atoms with Gasteiger partial charge in [-0.25, -0.2) is 13.1 Å². The van der Waals surface area contributed by atoms with E-state index in [2.05, 4.69) is 10.0 Å². The molecular weight excluding hydrogens is 388 g/mol. The van der Waals surface area contributed by atoms with Crippen molar-refractivity contribution in [1.82, 2.24) is 10.0 Å². The summed E-state index contributed by atoms with van der Waals surface area (Å²) in [5.74, 6) is -0.355. The van der Waals surface area contributed by atoms with Gasteiger partial charge in [-0.2, -0.15) is 0 Å². The molecule has 3 rings (SSSR count). The number of carbonyl (C=O) groups excluding carboxylic acids is 1. The number of hydrogen-bond donors (Lipinski definition) is 2. The zero-order chi connectivity index (χ0) is 19.3. The number of halogens is 1. The molecule has 2 aromatic carbocycles. The molecule has 1 aliphatic heterocycles. The number of benzene rings is 2. The fraction of sp³-hybridized carbons (Fsp3) is 0.316. The lowest BCUT2D eigenvalue weighted by molar-refractivity contribution is 0.0950. The third kappa shape index (κ3) is 5.52. The molecule has 1 fully saturated rings. The van der Waals surface area contributed by atoms with Crippen LogP contribution < -0.4 is 10.0 Å². The van der Waals surface area contributed by atoms with Gasteiger partial charge in [-0.15, -0.1) is 0 Å². The maximum atomic E-state index is 12.5. The molecule has 1 amide bonds. The first-order valence-electron chi connectivity index (χ1n) is 8.68. The SMILES string of the molecule is O=C(NCc1cccc(Cl)c1)c1cccc(S(=O)(=O)NCC2CCCO2)c1. The summed E-state index contributed by atoms with van der Waals surface area (Å²) < 4.78 is 32.9. The van der Waals surface area contributed by atoms with Crippen LogP contribution in [0.15, 0.2) is 53.4 Å². The zero-order valence-corrected chi connectivity index (χ0v) is 16.2. The number of ether oxygens (including phenoxy) is 1. The van der Waals surface area contributed by atoms with E-state index in [1.807, 2.05) is 6.07 Å². The molecule has 144 valence electrons. The molecule has 1 unspecified atom stereocenters. The summed E-state index contributed by atoms with van der Waals surface area (Å²) in [4.78, 5) is 12.4. The Kier molecular flexibility index (Phi) is 6.49. The number of amides is 1. The van der Waals surface area contributed by atoms with E-state index in [4.69, 9.17) is 16.3 Å². The van der Waals surface area contributed by atoms with Gasteiger partial charge in [-0.1, -0.05) is 29.8 Å². The Balaban J connectivity index is 1.64. The Morgan fingerprint density at radius 1 is 1.19 bits per heavy atom. The van der Waals surface area contributed by atoms with Gasteiger partial charge in [0.2, 0.25) is 10.0 Å². The van der Waals surface area contributed by atoms with Gasteiger partial charge in [0.1, 0.15) is 0 Å². The van der Waals surface area contributed by atoms with Gasteiger partial charge >= 0.3 is 0 Å². The van der Waals surface area contributed by atoms with E-state index >= 15 is 0 Å². The van der Waals surface area contributed by atoms with E-state index in [1.54, 1.807) is 30.3 Å². The van der Waals surface area contributed by atoms with Gasteiger partial charge in [0.15, 0.2) is 0 Å². The molecule has 2 N–H and O–H groups in total. The summed E-state index contributed by atoms with van der Waals surface area (Å²) in [5, 5.41) is 3.36. The van der Waals surface area contributed by atoms with Gasteiger partial charge in [0.25, 0.3) is 5.91 Å². The summed E-state index contributed by atoms with van der Waals surface area (Å²) in [6.45, 7) is 1.19. The van der Waals surface area contributed by atoms with Crippen molar-refractivity contribution in [2.24, 2.45) is 0 Å². The minimum atomic E-state index is -3.70. The zero-order valence-electron chi connectivity index (χ0n) is 14.7. The molecule has 6 nitrogen and oxygen atoms in total. The first-order valence-corrected chi connectivity index (χ1v) is 10.5. The molecule has 0 aliphatic carbocycles. The van der Waals surface area contributed by atoms with Crippen molar-refractivity contribution >= 4 is 27.5 Å². The van der Waals surface area contributed by atoms with Crippen LogP contribution in [0.4, 0.5) is 0 Å². The van der Waals surface area contributed by atoms with Crippen LogP contribution >= 0.6 is 11.6 Å². The summed E-state index contributed by atoms with van der Waals surface area (Å²) in [6.07, 6.45) is 1.69. The monoisotopic (exact) mass is 408 g/mol. The van der Waals surface area contributed by atoms with Crippen LogP contribution in [0.25, 0.3) is 0 Å². The van der Waals surface area contributed by atoms with Crippen molar-refractivity contribution in [1.29, 1.82) is 0 Å². The Morgan fingerprint density at radius 2 is 2.00 bits per heavy atom. The molecule has 1 heterocycles. The van der Waals surface area contributed by atoms with Crippen molar-refractivity contribution in [3.8, 4) is 0 Å². The van der Waals surface area contributed by atoms with Crippen molar-refractivity contribution in [2.75, 3.05) is 13.2 Å². The van der Waals surface area contributed by atoms with Crippen molar-refractivity contribution < 1.29 is 17.9 Å². The molecule has 0 saturated carbocycles. The predicted octanol–water partition coefficient (Wildman–Crippen LogP) is 2.73. The fourth-order valence-corrected chi connectivity index (χ4v) is 4.15. The lowest BCUT2D eigenvalue weighted by atomic mass is 10.2. The second-order valence-electron chi connectivity index (χ2n) is 6.33. The molecule has 27 heavy (non-hydrogen) atoms. The predicted molar refractivity (Wildman–Crippen MR) is 103 cm³/mol. The van der Waals surface area contributed by atoms with E-state index in [9.17, 15) is 13.2 Å². The largest absolute Gasteiger partial charge is 0.377 e. The van der Waals surface area contributed by atoms with Crippen LogP contribution in [-0.4, -0.2) is 33.6 Å². The molecule has 8 heteroatoms. The highest BCUT2D eigenvalue weighted by Crippen LogP contribution is 2.15. The van der Waals surface area contributed by atoms with Gasteiger partial charge in [-0.05, 0) is 48.7 Å². The number of nitrogens with one attached hydrogen (secondary N) is 2. The average Bonchev–Trinajstić information content (AvgIpc) is 3.18. The topological polar surface area (TPSA) is 84.5 Å². The van der Waals surface area contributed by atoms with Gasteiger partial charge in [0.05, 0.1) is 11.0 Å². The van der Waals surface area contributed by atoms with Crippen LogP contribution in [0, 0.1) is 0 Å². The molecule has 1 saturated heterocycles. The minimum absolute atomic E-state index is 0.0518. The van der Waals surface area contributed by atoms with Crippen LogP contribution in [0.5, 0.6) is 0 Å². The Bertz CT molecular complexity index is 911. The number of sulfonamides is 1. The highest BCUT2D eigenvalue weighted by Gasteiger charge is 2.21. The molecular formula is C19H21ClN2O4S. The third-order valence-electron chi connectivity index (χ3n) is 4.27. The normalized spacial score (nSPS) is 17.0. The second-order valence-corrected chi connectivity index (χ2v) is 8.53. The smallest absolute Gasteiger partial charge is 0.251 e. The standard InChI is InChI=1S/C19H21ClN2O4S/c20-16-6-1-4-14(10-16)12-21-19(23)15-5-2-8-18(11-15)27(24,25)22-13-17-7-3-9-26-17/h1-2,4-6,8,10-11,17,22H,3,7,9,12-13H2,(H,21,23). The van der Waals surface area contributed by atoms with E-state index in [-0.39, 0.29) is 29.0 Å². The first kappa shape index (κ1) is 19.8. The van der Waals surface area contributed by atoms with Crippen LogP contribution in [0.2, 0.25) is 5.02 Å². The maximum absolute atomic E-state index is 12.5. The Labute approximate surface area is 163 Å². The summed E-state index contributed by atoms with van der Waals surface area (Å²) in [6, 6.07) is 13.1. The van der Waals surface area contributed by atoms with Crippen molar-refractivity contribution in [3.05, 3.63) is 64.7 Å². The number of carbonyl (C=O) groups is 1. The van der Waals surface area contributed by atoms with Crippen LogP contribution in [0.3, 0.4) is 0 Å². The highest BCUT2D eigenvalue weighted by atomic mass is 35.5. The van der Waals surface area contributed by atoms with Crippen molar-refractivity contribution in [3.63, 3.8) is 0 Å². The molecule has 0 radical (unpaired) electrons. The minimum Gasteiger partial charge on any atom is -0.377 e. The number of rotatable bonds is 7. The maximum Gasteiger partial charge on any atom is 0.251 e. The quantitative estimate of drug-likeness (QED) is 0.737. The molecule has 0 spiro atoms. The van der Waals surface area contributed by atoms with E-state index in [1.165, 1.54) is 12.1 Å². The molecule has 2 aromatic rings. The fourth-order valence-electron chi connectivity index (χ4n) is 2.83. The molecule has 1 aliphatic rings. The molecule has 1 atom stereocenters. The summed E-state index contributed by atoms with van der Waals surface area (Å²) in [5.41, 5.74) is 1.13. The summed E-state index contributed by atoms with van der Waals surface area (Å²) >= 11 is 5.93. The molecule has 0 bridgehead atoms. The molecule has 0 aromatic heterocycles. The Hall–Kier alpha value is -1.93. The van der Waals surface area contributed by atoms with E-state index in [0.717, 1.165) is 18.4 Å². The second kappa shape index (κ2) is 8.84. The highest BCUT2D eigenvalue weighted by molar-refractivity contribution is 7.89. The van der Waals surface area contributed by atoms with Crippen LogP contribution in [-0.2, 0) is 21.3 Å². The van der Waals surface area contributed by atoms with Gasteiger partial charge < -0.3 is 10.1 Å². The average molecular weight is 409 g/mol.